The summed E-state index contributed by atoms with van der Waals surface area (Å²) in [5.74, 6) is 0.0236. The second kappa shape index (κ2) is 6.10. The molecule has 1 amide bonds. The van der Waals surface area contributed by atoms with Crippen molar-refractivity contribution in [3.05, 3.63) is 23.2 Å². The van der Waals surface area contributed by atoms with Crippen LogP contribution < -0.4 is 10.2 Å². The van der Waals surface area contributed by atoms with Crippen LogP contribution in [-0.4, -0.2) is 19.0 Å². The van der Waals surface area contributed by atoms with Gasteiger partial charge in [0.15, 0.2) is 0 Å². The smallest absolute Gasteiger partial charge is 0.224 e. The summed E-state index contributed by atoms with van der Waals surface area (Å²) in [6.07, 6.45) is 4.19. The molecule has 2 rings (SSSR count). The molecule has 1 aromatic rings. The summed E-state index contributed by atoms with van der Waals surface area (Å²) in [4.78, 5) is 13.9. The van der Waals surface area contributed by atoms with Crippen LogP contribution in [0.4, 0.5) is 11.4 Å². The SMILES string of the molecule is CCC(=O)Nc1cc(Cl)ccc1N1CCCCC1. The van der Waals surface area contributed by atoms with Crippen LogP contribution in [0.25, 0.3) is 0 Å². The summed E-state index contributed by atoms with van der Waals surface area (Å²) in [5, 5.41) is 3.59. The monoisotopic (exact) mass is 266 g/mol. The highest BCUT2D eigenvalue weighted by molar-refractivity contribution is 6.31. The Morgan fingerprint density at radius 2 is 2.06 bits per heavy atom. The second-order valence-corrected chi connectivity index (χ2v) is 5.05. The molecule has 3 nitrogen and oxygen atoms in total. The fourth-order valence-corrected chi connectivity index (χ4v) is 2.43. The number of hydrogen-bond donors (Lipinski definition) is 1. The number of nitrogens with zero attached hydrogens (tertiary/aromatic N) is 1. The number of piperidine rings is 1. The van der Waals surface area contributed by atoms with E-state index in [1.807, 2.05) is 25.1 Å². The first-order chi connectivity index (χ1) is 8.70. The molecule has 0 spiro atoms. The van der Waals surface area contributed by atoms with Gasteiger partial charge in [-0.05, 0) is 37.5 Å². The molecule has 0 bridgehead atoms. The molecule has 0 atom stereocenters. The first kappa shape index (κ1) is 13.2. The third-order valence-electron chi connectivity index (χ3n) is 3.25. The number of amides is 1. The minimum atomic E-state index is 0.0236. The van der Waals surface area contributed by atoms with Crippen molar-refractivity contribution >= 4 is 28.9 Å². The predicted molar refractivity (Wildman–Crippen MR) is 76.4 cm³/mol. The summed E-state index contributed by atoms with van der Waals surface area (Å²) in [5.41, 5.74) is 1.91. The van der Waals surface area contributed by atoms with Crippen LogP contribution in [-0.2, 0) is 4.79 Å². The third kappa shape index (κ3) is 3.16. The molecule has 1 N–H and O–H groups in total. The molecule has 0 radical (unpaired) electrons. The van der Waals surface area contributed by atoms with Crippen molar-refractivity contribution in [3.8, 4) is 0 Å². The summed E-state index contributed by atoms with van der Waals surface area (Å²) in [6.45, 7) is 3.95. The van der Waals surface area contributed by atoms with Crippen molar-refractivity contribution in [2.24, 2.45) is 0 Å². The van der Waals surface area contributed by atoms with Crippen molar-refractivity contribution in [1.29, 1.82) is 0 Å². The molecule has 1 aromatic carbocycles. The lowest BCUT2D eigenvalue weighted by Crippen LogP contribution is -2.30. The lowest BCUT2D eigenvalue weighted by molar-refractivity contribution is -0.115. The van der Waals surface area contributed by atoms with Gasteiger partial charge in [-0.3, -0.25) is 4.79 Å². The number of benzene rings is 1. The summed E-state index contributed by atoms with van der Waals surface area (Å²) in [7, 11) is 0. The molecule has 4 heteroatoms. The van der Waals surface area contributed by atoms with E-state index in [4.69, 9.17) is 11.6 Å². The fourth-order valence-electron chi connectivity index (χ4n) is 2.26. The number of carbonyl (C=O) groups excluding carboxylic acids is 1. The van der Waals surface area contributed by atoms with E-state index in [-0.39, 0.29) is 5.91 Å². The van der Waals surface area contributed by atoms with Crippen LogP contribution in [0, 0.1) is 0 Å². The van der Waals surface area contributed by atoms with E-state index < -0.39 is 0 Å². The molecule has 1 aliphatic heterocycles. The van der Waals surface area contributed by atoms with Crippen LogP contribution in [0.15, 0.2) is 18.2 Å². The Morgan fingerprint density at radius 3 is 2.72 bits per heavy atom. The van der Waals surface area contributed by atoms with Gasteiger partial charge < -0.3 is 10.2 Å². The number of anilines is 2. The number of nitrogens with one attached hydrogen (secondary N) is 1. The van der Waals surface area contributed by atoms with Gasteiger partial charge in [0, 0.05) is 24.5 Å². The van der Waals surface area contributed by atoms with Crippen LogP contribution in [0.2, 0.25) is 5.02 Å². The molecule has 0 saturated carbocycles. The molecule has 98 valence electrons. The average molecular weight is 267 g/mol. The summed E-state index contributed by atoms with van der Waals surface area (Å²) >= 11 is 6.01. The first-order valence-corrected chi connectivity index (χ1v) is 6.93. The number of hydrogen-bond acceptors (Lipinski definition) is 2. The van der Waals surface area contributed by atoms with E-state index in [9.17, 15) is 4.79 Å². The minimum absolute atomic E-state index is 0.0236. The van der Waals surface area contributed by atoms with Gasteiger partial charge >= 0.3 is 0 Å². The molecule has 18 heavy (non-hydrogen) atoms. The zero-order valence-electron chi connectivity index (χ0n) is 10.7. The van der Waals surface area contributed by atoms with Gasteiger partial charge in [-0.2, -0.15) is 0 Å². The molecule has 1 aliphatic rings. The van der Waals surface area contributed by atoms with Gasteiger partial charge in [0.1, 0.15) is 0 Å². The topological polar surface area (TPSA) is 32.3 Å². The average Bonchev–Trinajstić information content (AvgIpc) is 2.40. The predicted octanol–water partition coefficient (Wildman–Crippen LogP) is 3.68. The molecule has 1 heterocycles. The number of rotatable bonds is 3. The molecular formula is C14H19ClN2O. The maximum absolute atomic E-state index is 11.6. The van der Waals surface area contributed by atoms with Crippen molar-refractivity contribution in [1.82, 2.24) is 0 Å². The molecular weight excluding hydrogens is 248 g/mol. The van der Waals surface area contributed by atoms with E-state index in [2.05, 4.69) is 10.2 Å². The highest BCUT2D eigenvalue weighted by Crippen LogP contribution is 2.31. The van der Waals surface area contributed by atoms with Gasteiger partial charge in [-0.15, -0.1) is 0 Å². The van der Waals surface area contributed by atoms with Crippen molar-refractivity contribution in [2.45, 2.75) is 32.6 Å². The van der Waals surface area contributed by atoms with Crippen LogP contribution in [0.1, 0.15) is 32.6 Å². The Balaban J connectivity index is 2.24. The molecule has 0 unspecified atom stereocenters. The Morgan fingerprint density at radius 1 is 1.33 bits per heavy atom. The Labute approximate surface area is 113 Å². The minimum Gasteiger partial charge on any atom is -0.370 e. The maximum atomic E-state index is 11.6. The third-order valence-corrected chi connectivity index (χ3v) is 3.49. The second-order valence-electron chi connectivity index (χ2n) is 4.61. The highest BCUT2D eigenvalue weighted by Gasteiger charge is 2.15. The Kier molecular flexibility index (Phi) is 4.48. The van der Waals surface area contributed by atoms with E-state index >= 15 is 0 Å². The van der Waals surface area contributed by atoms with Gasteiger partial charge in [0.05, 0.1) is 11.4 Å². The zero-order chi connectivity index (χ0) is 13.0. The van der Waals surface area contributed by atoms with Crippen LogP contribution in [0.3, 0.4) is 0 Å². The number of halogens is 1. The molecule has 1 fully saturated rings. The maximum Gasteiger partial charge on any atom is 0.224 e. The van der Waals surface area contributed by atoms with Gasteiger partial charge in [0.25, 0.3) is 0 Å². The number of carbonyl (C=O) groups is 1. The standard InChI is InChI=1S/C14H19ClN2O/c1-2-14(18)16-12-10-11(15)6-7-13(12)17-8-4-3-5-9-17/h6-7,10H,2-5,8-9H2,1H3,(H,16,18). The Hall–Kier alpha value is -1.22. The molecule has 1 saturated heterocycles. The van der Waals surface area contributed by atoms with E-state index in [1.54, 1.807) is 0 Å². The van der Waals surface area contributed by atoms with Crippen molar-refractivity contribution in [3.63, 3.8) is 0 Å². The Bertz CT molecular complexity index is 428. The molecule has 0 aromatic heterocycles. The van der Waals surface area contributed by atoms with Crippen molar-refractivity contribution in [2.75, 3.05) is 23.3 Å². The van der Waals surface area contributed by atoms with Gasteiger partial charge in [-0.1, -0.05) is 18.5 Å². The lowest BCUT2D eigenvalue weighted by Gasteiger charge is -2.30. The largest absolute Gasteiger partial charge is 0.370 e. The van der Waals surface area contributed by atoms with Gasteiger partial charge in [-0.25, -0.2) is 0 Å². The normalized spacial score (nSPS) is 15.6. The van der Waals surface area contributed by atoms with Crippen molar-refractivity contribution < 1.29 is 4.79 Å². The lowest BCUT2D eigenvalue weighted by atomic mass is 10.1. The van der Waals surface area contributed by atoms with E-state index in [0.717, 1.165) is 24.5 Å². The summed E-state index contributed by atoms with van der Waals surface area (Å²) < 4.78 is 0. The van der Waals surface area contributed by atoms with Gasteiger partial charge in [0.2, 0.25) is 5.91 Å². The first-order valence-electron chi connectivity index (χ1n) is 6.55. The highest BCUT2D eigenvalue weighted by atomic mass is 35.5. The van der Waals surface area contributed by atoms with Crippen LogP contribution >= 0.6 is 11.6 Å². The zero-order valence-corrected chi connectivity index (χ0v) is 11.5. The van der Waals surface area contributed by atoms with E-state index in [1.165, 1.54) is 19.3 Å². The fraction of sp³-hybridized carbons (Fsp3) is 0.500. The van der Waals surface area contributed by atoms with Crippen LogP contribution in [0.5, 0.6) is 0 Å². The van der Waals surface area contributed by atoms with E-state index in [0.29, 0.717) is 11.4 Å². The summed E-state index contributed by atoms with van der Waals surface area (Å²) in [6, 6.07) is 5.71. The molecule has 0 aliphatic carbocycles. The quantitative estimate of drug-likeness (QED) is 0.905.